The molecule has 2 aromatic rings. The highest BCUT2D eigenvalue weighted by Crippen LogP contribution is 2.31. The molecule has 0 aliphatic carbocycles. The van der Waals surface area contributed by atoms with Gasteiger partial charge in [0.1, 0.15) is 17.4 Å². The average molecular weight is 358 g/mol. The second kappa shape index (κ2) is 6.88. The van der Waals surface area contributed by atoms with Crippen LogP contribution in [0.5, 0.6) is 11.6 Å². The maximum Gasteiger partial charge on any atom is 0.224 e. The van der Waals surface area contributed by atoms with Gasteiger partial charge in [-0.1, -0.05) is 34.5 Å². The van der Waals surface area contributed by atoms with Crippen LogP contribution in [0, 0.1) is 0 Å². The molecule has 5 nitrogen and oxygen atoms in total. The minimum absolute atomic E-state index is 0.399. The van der Waals surface area contributed by atoms with Crippen LogP contribution in [0.25, 0.3) is 0 Å². The van der Waals surface area contributed by atoms with E-state index in [9.17, 15) is 0 Å². The highest BCUT2D eigenvalue weighted by atomic mass is 79.9. The van der Waals surface area contributed by atoms with E-state index in [0.717, 1.165) is 17.3 Å². The van der Waals surface area contributed by atoms with Crippen LogP contribution in [-0.2, 0) is 6.42 Å². The molecule has 0 bridgehead atoms. The molecule has 0 aliphatic rings. The molecule has 0 spiro atoms. The van der Waals surface area contributed by atoms with Crippen molar-refractivity contribution < 1.29 is 4.74 Å². The van der Waals surface area contributed by atoms with Gasteiger partial charge in [-0.15, -0.1) is 0 Å². The van der Waals surface area contributed by atoms with E-state index in [2.05, 4.69) is 38.2 Å². The van der Waals surface area contributed by atoms with Crippen LogP contribution in [0.2, 0.25) is 5.02 Å². The maximum atomic E-state index is 6.09. The van der Waals surface area contributed by atoms with Crippen molar-refractivity contribution in [3.05, 3.63) is 39.6 Å². The lowest BCUT2D eigenvalue weighted by Gasteiger charge is -2.10. The third-order valence-electron chi connectivity index (χ3n) is 2.48. The molecule has 0 amide bonds. The molecule has 106 valence electrons. The van der Waals surface area contributed by atoms with Crippen molar-refractivity contribution in [2.75, 3.05) is 5.43 Å². The molecule has 3 N–H and O–H groups in total. The number of aryl methyl sites for hydroxylation is 1. The molecule has 7 heteroatoms. The predicted octanol–water partition coefficient (Wildman–Crippen LogP) is 3.92. The minimum Gasteiger partial charge on any atom is -0.437 e. The third-order valence-corrected chi connectivity index (χ3v) is 3.28. The zero-order valence-corrected chi connectivity index (χ0v) is 13.2. The maximum absolute atomic E-state index is 6.09. The molecule has 2 rings (SSSR count). The van der Waals surface area contributed by atoms with E-state index in [1.54, 1.807) is 18.2 Å². The van der Waals surface area contributed by atoms with Gasteiger partial charge in [0.25, 0.3) is 0 Å². The second-order valence-electron chi connectivity index (χ2n) is 4.08. The lowest BCUT2D eigenvalue weighted by Crippen LogP contribution is -2.10. The Morgan fingerprint density at radius 1 is 1.35 bits per heavy atom. The Labute approximate surface area is 130 Å². The first kappa shape index (κ1) is 15.0. The van der Waals surface area contributed by atoms with Gasteiger partial charge in [-0.05, 0) is 24.6 Å². The molecular formula is C13H14BrClN4O. The Kier molecular flexibility index (Phi) is 5.17. The summed E-state index contributed by atoms with van der Waals surface area (Å²) in [5, 5.41) is 0.506. The molecule has 0 fully saturated rings. The first-order valence-corrected chi connectivity index (χ1v) is 7.27. The molecular weight excluding hydrogens is 344 g/mol. The van der Waals surface area contributed by atoms with Crippen molar-refractivity contribution >= 4 is 33.3 Å². The quantitative estimate of drug-likeness (QED) is 0.626. The van der Waals surface area contributed by atoms with Crippen molar-refractivity contribution in [3.8, 4) is 11.6 Å². The zero-order valence-electron chi connectivity index (χ0n) is 10.9. The van der Waals surface area contributed by atoms with Crippen LogP contribution in [0.4, 0.5) is 5.82 Å². The van der Waals surface area contributed by atoms with Crippen molar-refractivity contribution in [3.63, 3.8) is 0 Å². The third kappa shape index (κ3) is 3.82. The minimum atomic E-state index is 0.399. The van der Waals surface area contributed by atoms with Crippen LogP contribution in [0.15, 0.2) is 28.7 Å². The molecule has 0 radical (unpaired) electrons. The summed E-state index contributed by atoms with van der Waals surface area (Å²) in [5.41, 5.74) is 2.50. The van der Waals surface area contributed by atoms with Gasteiger partial charge in [-0.3, -0.25) is 0 Å². The topological polar surface area (TPSA) is 73.1 Å². The Bertz CT molecular complexity index is 609. The first-order valence-electron chi connectivity index (χ1n) is 6.10. The number of nitrogens with two attached hydrogens (primary N) is 1. The number of rotatable bonds is 5. The van der Waals surface area contributed by atoms with E-state index in [4.69, 9.17) is 22.2 Å². The normalized spacial score (nSPS) is 10.4. The summed E-state index contributed by atoms with van der Waals surface area (Å²) in [6.45, 7) is 2.05. The Morgan fingerprint density at radius 3 is 2.85 bits per heavy atom. The van der Waals surface area contributed by atoms with Gasteiger partial charge >= 0.3 is 0 Å². The van der Waals surface area contributed by atoms with Gasteiger partial charge in [0.2, 0.25) is 5.88 Å². The summed E-state index contributed by atoms with van der Waals surface area (Å²) >= 11 is 9.46. The van der Waals surface area contributed by atoms with Gasteiger partial charge < -0.3 is 10.2 Å². The van der Waals surface area contributed by atoms with E-state index in [1.807, 2.05) is 6.07 Å². The summed E-state index contributed by atoms with van der Waals surface area (Å²) in [7, 11) is 0. The van der Waals surface area contributed by atoms with Gasteiger partial charge in [0, 0.05) is 17.0 Å². The van der Waals surface area contributed by atoms with E-state index in [0.29, 0.717) is 28.3 Å². The first-order chi connectivity index (χ1) is 9.62. The molecule has 1 aromatic heterocycles. The number of hydrogen-bond acceptors (Lipinski definition) is 5. The number of anilines is 1. The predicted molar refractivity (Wildman–Crippen MR) is 83.1 cm³/mol. The summed E-state index contributed by atoms with van der Waals surface area (Å²) < 4.78 is 6.58. The van der Waals surface area contributed by atoms with Gasteiger partial charge in [-0.2, -0.15) is 4.98 Å². The smallest absolute Gasteiger partial charge is 0.224 e. The highest BCUT2D eigenvalue weighted by molar-refractivity contribution is 9.10. The summed E-state index contributed by atoms with van der Waals surface area (Å²) in [5.74, 6) is 7.49. The molecule has 1 aromatic carbocycles. The fraction of sp³-hybridized carbons (Fsp3) is 0.231. The number of nitrogens with one attached hydrogen (secondary N) is 1. The number of hydrogen-bond donors (Lipinski definition) is 2. The second-order valence-corrected chi connectivity index (χ2v) is 5.40. The van der Waals surface area contributed by atoms with Crippen molar-refractivity contribution in [2.24, 2.45) is 5.84 Å². The monoisotopic (exact) mass is 356 g/mol. The molecule has 0 saturated carbocycles. The van der Waals surface area contributed by atoms with Gasteiger partial charge in [0.05, 0.1) is 5.02 Å². The van der Waals surface area contributed by atoms with Crippen LogP contribution >= 0.6 is 27.5 Å². The Morgan fingerprint density at radius 2 is 2.15 bits per heavy atom. The van der Waals surface area contributed by atoms with Crippen LogP contribution in [-0.4, -0.2) is 9.97 Å². The van der Waals surface area contributed by atoms with Gasteiger partial charge in [0.15, 0.2) is 0 Å². The fourth-order valence-electron chi connectivity index (χ4n) is 1.60. The van der Waals surface area contributed by atoms with Crippen molar-refractivity contribution in [2.45, 2.75) is 19.8 Å². The number of hydrazine groups is 1. The lowest BCUT2D eigenvalue weighted by molar-refractivity contribution is 0.458. The fourth-order valence-corrected chi connectivity index (χ4v) is 2.10. The van der Waals surface area contributed by atoms with E-state index >= 15 is 0 Å². The van der Waals surface area contributed by atoms with Crippen molar-refractivity contribution in [1.29, 1.82) is 0 Å². The van der Waals surface area contributed by atoms with E-state index in [-0.39, 0.29) is 0 Å². The van der Waals surface area contributed by atoms with Crippen LogP contribution < -0.4 is 16.0 Å². The number of benzene rings is 1. The standard InChI is InChI=1S/C13H14BrClN4O/c1-2-3-11-17-12(19-16)7-13(18-11)20-10-6-8(14)4-5-9(10)15/h4-7H,2-3,16H2,1H3,(H,17,18,19). The number of ether oxygens (including phenoxy) is 1. The Balaban J connectivity index is 2.32. The average Bonchev–Trinajstić information content (AvgIpc) is 2.43. The molecule has 0 aliphatic heterocycles. The number of halogens is 2. The lowest BCUT2D eigenvalue weighted by atomic mass is 10.3. The largest absolute Gasteiger partial charge is 0.437 e. The summed E-state index contributed by atoms with van der Waals surface area (Å²) in [6, 6.07) is 6.98. The molecule has 0 unspecified atom stereocenters. The number of nitrogens with zero attached hydrogens (tertiary/aromatic N) is 2. The molecule has 1 heterocycles. The zero-order chi connectivity index (χ0) is 14.5. The SMILES string of the molecule is CCCc1nc(NN)cc(Oc2cc(Br)ccc2Cl)n1. The number of aromatic nitrogens is 2. The molecule has 20 heavy (non-hydrogen) atoms. The van der Waals surface area contributed by atoms with Crippen LogP contribution in [0.1, 0.15) is 19.2 Å². The number of nitrogen functional groups attached to an aromatic ring is 1. The van der Waals surface area contributed by atoms with E-state index in [1.165, 1.54) is 0 Å². The van der Waals surface area contributed by atoms with E-state index < -0.39 is 0 Å². The van der Waals surface area contributed by atoms with Gasteiger partial charge in [-0.25, -0.2) is 10.8 Å². The van der Waals surface area contributed by atoms with Crippen LogP contribution in [0.3, 0.4) is 0 Å². The summed E-state index contributed by atoms with van der Waals surface area (Å²) in [6.07, 6.45) is 1.68. The van der Waals surface area contributed by atoms with Crippen molar-refractivity contribution in [1.82, 2.24) is 9.97 Å². The molecule has 0 atom stereocenters. The highest BCUT2D eigenvalue weighted by Gasteiger charge is 2.08. The summed E-state index contributed by atoms with van der Waals surface area (Å²) in [4.78, 5) is 8.59. The Hall–Kier alpha value is -1.37. The molecule has 0 saturated heterocycles.